The molecule has 2 rings (SSSR count). The van der Waals surface area contributed by atoms with E-state index in [1.165, 1.54) is 0 Å². The monoisotopic (exact) mass is 410 g/mol. The van der Waals surface area contributed by atoms with E-state index in [9.17, 15) is 9.59 Å². The highest BCUT2D eigenvalue weighted by molar-refractivity contribution is 5.89. The SMILES string of the molecule is CCC(CCC(C)OC(=O)c1ccccc1)C(CC)C(C)OC(=O)c1ccccc1. The fraction of sp³-hybridized carbons (Fsp3) is 0.462. The van der Waals surface area contributed by atoms with Crippen LogP contribution in [0.25, 0.3) is 0 Å². The number of esters is 2. The van der Waals surface area contributed by atoms with Crippen LogP contribution >= 0.6 is 0 Å². The molecule has 0 saturated heterocycles. The summed E-state index contributed by atoms with van der Waals surface area (Å²) in [5.74, 6) is 0.0982. The van der Waals surface area contributed by atoms with E-state index in [1.807, 2.05) is 50.2 Å². The van der Waals surface area contributed by atoms with E-state index < -0.39 is 0 Å². The molecule has 0 fully saturated rings. The molecule has 0 aliphatic rings. The summed E-state index contributed by atoms with van der Waals surface area (Å²) < 4.78 is 11.4. The Morgan fingerprint density at radius 2 is 1.23 bits per heavy atom. The molecule has 0 bridgehead atoms. The van der Waals surface area contributed by atoms with Gasteiger partial charge in [-0.05, 0) is 69.2 Å². The molecule has 0 saturated carbocycles. The van der Waals surface area contributed by atoms with Crippen LogP contribution in [0.4, 0.5) is 0 Å². The Bertz CT molecular complexity index is 772. The molecule has 0 N–H and O–H groups in total. The van der Waals surface area contributed by atoms with Crippen molar-refractivity contribution in [1.29, 1.82) is 0 Å². The van der Waals surface area contributed by atoms with Gasteiger partial charge in [0.25, 0.3) is 0 Å². The summed E-state index contributed by atoms with van der Waals surface area (Å²) in [6.07, 6.45) is 3.30. The van der Waals surface area contributed by atoms with Crippen LogP contribution in [0.5, 0.6) is 0 Å². The lowest BCUT2D eigenvalue weighted by atomic mass is 9.81. The quantitative estimate of drug-likeness (QED) is 0.407. The van der Waals surface area contributed by atoms with Gasteiger partial charge >= 0.3 is 11.9 Å². The van der Waals surface area contributed by atoms with Crippen molar-refractivity contribution in [3.05, 3.63) is 71.8 Å². The number of carbonyl (C=O) groups excluding carboxylic acids is 2. The minimum Gasteiger partial charge on any atom is -0.459 e. The van der Waals surface area contributed by atoms with Crippen molar-refractivity contribution in [3.63, 3.8) is 0 Å². The molecule has 0 aliphatic heterocycles. The first-order valence-corrected chi connectivity index (χ1v) is 11.0. The van der Waals surface area contributed by atoms with Crippen LogP contribution in [0.2, 0.25) is 0 Å². The standard InChI is InChI=1S/C26H34O4/c1-5-21(18-17-19(3)29-25(27)22-13-9-7-10-14-22)24(6-2)20(4)30-26(28)23-15-11-8-12-16-23/h7-16,19-21,24H,5-6,17-18H2,1-4H3. The van der Waals surface area contributed by atoms with Crippen molar-refractivity contribution >= 4 is 11.9 Å². The molecular weight excluding hydrogens is 376 g/mol. The average molecular weight is 411 g/mol. The van der Waals surface area contributed by atoms with Gasteiger partial charge in [-0.2, -0.15) is 0 Å². The summed E-state index contributed by atoms with van der Waals surface area (Å²) >= 11 is 0. The zero-order chi connectivity index (χ0) is 21.9. The van der Waals surface area contributed by atoms with Crippen molar-refractivity contribution in [2.24, 2.45) is 11.8 Å². The number of benzene rings is 2. The minimum atomic E-state index is -0.284. The van der Waals surface area contributed by atoms with E-state index in [4.69, 9.17) is 9.47 Å². The van der Waals surface area contributed by atoms with Gasteiger partial charge in [0.1, 0.15) is 6.10 Å². The Morgan fingerprint density at radius 3 is 1.70 bits per heavy atom. The second kappa shape index (κ2) is 12.2. The number of hydrogen-bond donors (Lipinski definition) is 0. The summed E-state index contributed by atoms with van der Waals surface area (Å²) in [5, 5.41) is 0. The second-order valence-electron chi connectivity index (χ2n) is 7.88. The first-order chi connectivity index (χ1) is 14.5. The van der Waals surface area contributed by atoms with Gasteiger partial charge in [-0.3, -0.25) is 0 Å². The van der Waals surface area contributed by atoms with Gasteiger partial charge < -0.3 is 9.47 Å². The van der Waals surface area contributed by atoms with E-state index in [1.54, 1.807) is 24.3 Å². The largest absolute Gasteiger partial charge is 0.459 e. The van der Waals surface area contributed by atoms with E-state index in [0.717, 1.165) is 25.7 Å². The third kappa shape index (κ3) is 7.01. The van der Waals surface area contributed by atoms with Gasteiger partial charge in [0.2, 0.25) is 0 Å². The number of hydrogen-bond acceptors (Lipinski definition) is 4. The molecule has 0 heterocycles. The highest BCUT2D eigenvalue weighted by Crippen LogP contribution is 2.30. The van der Waals surface area contributed by atoms with Crippen LogP contribution in [0.1, 0.15) is 74.1 Å². The minimum absolute atomic E-state index is 0.161. The molecule has 4 unspecified atom stereocenters. The molecule has 4 nitrogen and oxygen atoms in total. The Labute approximate surface area is 180 Å². The summed E-state index contributed by atoms with van der Waals surface area (Å²) in [7, 11) is 0. The lowest BCUT2D eigenvalue weighted by molar-refractivity contribution is 0.00416. The van der Waals surface area contributed by atoms with Crippen molar-refractivity contribution < 1.29 is 19.1 Å². The van der Waals surface area contributed by atoms with Crippen LogP contribution in [-0.4, -0.2) is 24.1 Å². The molecule has 30 heavy (non-hydrogen) atoms. The second-order valence-corrected chi connectivity index (χ2v) is 7.88. The predicted octanol–water partition coefficient (Wildman–Crippen LogP) is 6.31. The molecule has 0 radical (unpaired) electrons. The zero-order valence-electron chi connectivity index (χ0n) is 18.5. The van der Waals surface area contributed by atoms with Crippen molar-refractivity contribution in [2.75, 3.05) is 0 Å². The van der Waals surface area contributed by atoms with Gasteiger partial charge in [0, 0.05) is 0 Å². The topological polar surface area (TPSA) is 52.6 Å². The van der Waals surface area contributed by atoms with E-state index in [2.05, 4.69) is 13.8 Å². The van der Waals surface area contributed by atoms with Crippen LogP contribution in [0.15, 0.2) is 60.7 Å². The van der Waals surface area contributed by atoms with Crippen LogP contribution in [0, 0.1) is 11.8 Å². The molecule has 2 aromatic rings. The number of ether oxygens (including phenoxy) is 2. The molecule has 4 heteroatoms. The Hall–Kier alpha value is -2.62. The summed E-state index contributed by atoms with van der Waals surface area (Å²) in [6.45, 7) is 8.22. The maximum atomic E-state index is 12.4. The maximum Gasteiger partial charge on any atom is 0.338 e. The van der Waals surface area contributed by atoms with Crippen LogP contribution < -0.4 is 0 Å². The molecule has 0 amide bonds. The smallest absolute Gasteiger partial charge is 0.338 e. The third-order valence-corrected chi connectivity index (χ3v) is 5.77. The van der Waals surface area contributed by atoms with Crippen LogP contribution in [0.3, 0.4) is 0 Å². The summed E-state index contributed by atoms with van der Waals surface area (Å²) in [5.41, 5.74) is 1.15. The van der Waals surface area contributed by atoms with Gasteiger partial charge in [-0.25, -0.2) is 9.59 Å². The van der Waals surface area contributed by atoms with Crippen LogP contribution in [-0.2, 0) is 9.47 Å². The van der Waals surface area contributed by atoms with E-state index in [0.29, 0.717) is 17.0 Å². The predicted molar refractivity (Wildman–Crippen MR) is 119 cm³/mol. The Kier molecular flexibility index (Phi) is 9.59. The molecule has 0 aromatic heterocycles. The third-order valence-electron chi connectivity index (χ3n) is 5.77. The average Bonchev–Trinajstić information content (AvgIpc) is 2.77. The van der Waals surface area contributed by atoms with Crippen molar-refractivity contribution in [2.45, 2.75) is 65.6 Å². The normalized spacial score (nSPS) is 14.9. The van der Waals surface area contributed by atoms with Crippen molar-refractivity contribution in [3.8, 4) is 0 Å². The van der Waals surface area contributed by atoms with Crippen molar-refractivity contribution in [1.82, 2.24) is 0 Å². The maximum absolute atomic E-state index is 12.4. The summed E-state index contributed by atoms with van der Waals surface area (Å²) in [6, 6.07) is 18.2. The highest BCUT2D eigenvalue weighted by atomic mass is 16.5. The van der Waals surface area contributed by atoms with Gasteiger partial charge in [-0.15, -0.1) is 0 Å². The molecule has 2 aromatic carbocycles. The fourth-order valence-corrected chi connectivity index (χ4v) is 4.00. The van der Waals surface area contributed by atoms with Gasteiger partial charge in [-0.1, -0.05) is 56.7 Å². The Morgan fingerprint density at radius 1 is 0.733 bits per heavy atom. The first-order valence-electron chi connectivity index (χ1n) is 11.0. The van der Waals surface area contributed by atoms with Gasteiger partial charge in [0.05, 0.1) is 17.2 Å². The molecule has 0 spiro atoms. The molecule has 4 atom stereocenters. The lowest BCUT2D eigenvalue weighted by Gasteiger charge is -2.31. The zero-order valence-corrected chi connectivity index (χ0v) is 18.5. The van der Waals surface area contributed by atoms with E-state index >= 15 is 0 Å². The van der Waals surface area contributed by atoms with E-state index in [-0.39, 0.29) is 30.1 Å². The molecular formula is C26H34O4. The summed E-state index contributed by atoms with van der Waals surface area (Å²) in [4.78, 5) is 24.7. The molecule has 162 valence electrons. The first kappa shape index (κ1) is 23.7. The Balaban J connectivity index is 1.89. The highest BCUT2D eigenvalue weighted by Gasteiger charge is 2.28. The number of carbonyl (C=O) groups is 2. The lowest BCUT2D eigenvalue weighted by Crippen LogP contribution is -2.30. The molecule has 0 aliphatic carbocycles. The fourth-order valence-electron chi connectivity index (χ4n) is 4.00. The van der Waals surface area contributed by atoms with Gasteiger partial charge in [0.15, 0.2) is 0 Å². The number of rotatable bonds is 11.